The Hall–Kier alpha value is -0.0900. The molecule has 0 aromatic carbocycles. The smallest absolute Gasteiger partial charge is 0.264 e. The zero-order valence-corrected chi connectivity index (χ0v) is 8.60. The Morgan fingerprint density at radius 1 is 1.33 bits per heavy atom. The van der Waals surface area contributed by atoms with E-state index in [1.807, 2.05) is 0 Å². The van der Waals surface area contributed by atoms with Gasteiger partial charge in [-0.15, -0.1) is 0 Å². The fourth-order valence-corrected chi connectivity index (χ4v) is 1.55. The molecule has 0 rings (SSSR count). The molecule has 0 amide bonds. The molecule has 0 fully saturated rings. The van der Waals surface area contributed by atoms with Crippen LogP contribution in [0, 0.1) is 5.92 Å². The molecule has 0 aromatic rings. The molecular weight excluding hydrogens is 176 g/mol. The van der Waals surface area contributed by atoms with Gasteiger partial charge >= 0.3 is 0 Å². The maximum Gasteiger partial charge on any atom is 0.264 e. The van der Waals surface area contributed by atoms with Crippen molar-refractivity contribution in [1.82, 2.24) is 0 Å². The summed E-state index contributed by atoms with van der Waals surface area (Å²) in [5.41, 5.74) is 0. The summed E-state index contributed by atoms with van der Waals surface area (Å²) in [4.78, 5) is 0. The summed E-state index contributed by atoms with van der Waals surface area (Å²) in [6.07, 6.45) is 3.63. The van der Waals surface area contributed by atoms with Gasteiger partial charge in [-0.25, -0.2) is 0 Å². The van der Waals surface area contributed by atoms with Crippen molar-refractivity contribution in [2.24, 2.45) is 5.92 Å². The number of hydrogen-bond acceptors (Lipinski definition) is 2. The number of unbranched alkanes of at least 4 members (excludes halogenated alkanes) is 1. The standard InChI is InChI=1S/C8H18O3S/c1-3-8(2)6-4-5-7-12(9,10)11/h8H,3-7H2,1-2H3,(H,9,10,11). The summed E-state index contributed by atoms with van der Waals surface area (Å²) in [5, 5.41) is 0. The van der Waals surface area contributed by atoms with Crippen molar-refractivity contribution in [3.05, 3.63) is 0 Å². The van der Waals surface area contributed by atoms with Crippen molar-refractivity contribution >= 4 is 10.1 Å². The second-order valence-electron chi connectivity index (χ2n) is 3.30. The zero-order valence-electron chi connectivity index (χ0n) is 7.78. The van der Waals surface area contributed by atoms with Crippen LogP contribution in [0.2, 0.25) is 0 Å². The summed E-state index contributed by atoms with van der Waals surface area (Å²) in [7, 11) is -3.73. The van der Waals surface area contributed by atoms with Gasteiger partial charge in [-0.3, -0.25) is 4.55 Å². The van der Waals surface area contributed by atoms with E-state index in [0.29, 0.717) is 12.3 Å². The van der Waals surface area contributed by atoms with Crippen LogP contribution in [0.1, 0.15) is 39.5 Å². The highest BCUT2D eigenvalue weighted by molar-refractivity contribution is 7.85. The maximum atomic E-state index is 10.3. The Morgan fingerprint density at radius 2 is 1.92 bits per heavy atom. The third-order valence-corrected chi connectivity index (χ3v) is 2.85. The lowest BCUT2D eigenvalue weighted by atomic mass is 10.0. The normalized spacial score (nSPS) is 14.6. The topological polar surface area (TPSA) is 54.4 Å². The molecule has 1 N–H and O–H groups in total. The van der Waals surface area contributed by atoms with Crippen molar-refractivity contribution in [2.75, 3.05) is 5.75 Å². The predicted octanol–water partition coefficient (Wildman–Crippen LogP) is 2.09. The Bertz CT molecular complexity index is 196. The molecule has 0 radical (unpaired) electrons. The molecule has 0 heterocycles. The number of rotatable bonds is 6. The third kappa shape index (κ3) is 8.01. The van der Waals surface area contributed by atoms with Crippen LogP contribution in [-0.4, -0.2) is 18.7 Å². The van der Waals surface area contributed by atoms with E-state index in [4.69, 9.17) is 4.55 Å². The van der Waals surface area contributed by atoms with Gasteiger partial charge in [0, 0.05) is 0 Å². The molecular formula is C8H18O3S. The second-order valence-corrected chi connectivity index (χ2v) is 4.87. The molecule has 3 nitrogen and oxygen atoms in total. The summed E-state index contributed by atoms with van der Waals surface area (Å²) in [6, 6.07) is 0. The van der Waals surface area contributed by atoms with Crippen LogP contribution in [-0.2, 0) is 10.1 Å². The van der Waals surface area contributed by atoms with Gasteiger partial charge in [0.15, 0.2) is 0 Å². The van der Waals surface area contributed by atoms with Crippen LogP contribution in [0.25, 0.3) is 0 Å². The lowest BCUT2D eigenvalue weighted by molar-refractivity contribution is 0.467. The van der Waals surface area contributed by atoms with Crippen molar-refractivity contribution in [3.8, 4) is 0 Å². The first-order chi connectivity index (χ1) is 5.45. The maximum absolute atomic E-state index is 10.3. The Labute approximate surface area is 74.9 Å². The molecule has 12 heavy (non-hydrogen) atoms. The van der Waals surface area contributed by atoms with Crippen LogP contribution >= 0.6 is 0 Å². The van der Waals surface area contributed by atoms with Gasteiger partial charge in [0.1, 0.15) is 0 Å². The average molecular weight is 194 g/mol. The minimum Gasteiger partial charge on any atom is -0.286 e. The van der Waals surface area contributed by atoms with Crippen LogP contribution in [0.15, 0.2) is 0 Å². The van der Waals surface area contributed by atoms with E-state index in [0.717, 1.165) is 19.3 Å². The molecule has 0 aliphatic heterocycles. The first kappa shape index (κ1) is 11.9. The van der Waals surface area contributed by atoms with Gasteiger partial charge in [0.05, 0.1) is 5.75 Å². The van der Waals surface area contributed by atoms with Crippen LogP contribution in [0.5, 0.6) is 0 Å². The predicted molar refractivity (Wildman–Crippen MR) is 49.7 cm³/mol. The Balaban J connectivity index is 3.34. The zero-order chi connectivity index (χ0) is 9.61. The molecule has 0 saturated carbocycles. The van der Waals surface area contributed by atoms with Gasteiger partial charge in [0.25, 0.3) is 10.1 Å². The molecule has 74 valence electrons. The molecule has 1 unspecified atom stereocenters. The quantitative estimate of drug-likeness (QED) is 0.520. The SMILES string of the molecule is CCC(C)CCCCS(=O)(=O)O. The van der Waals surface area contributed by atoms with Crippen molar-refractivity contribution in [3.63, 3.8) is 0 Å². The van der Waals surface area contributed by atoms with Crippen LogP contribution in [0.3, 0.4) is 0 Å². The van der Waals surface area contributed by atoms with Crippen molar-refractivity contribution in [1.29, 1.82) is 0 Å². The Morgan fingerprint density at radius 3 is 2.33 bits per heavy atom. The summed E-state index contributed by atoms with van der Waals surface area (Å²) < 4.78 is 29.0. The van der Waals surface area contributed by atoms with E-state index in [1.165, 1.54) is 0 Å². The van der Waals surface area contributed by atoms with Gasteiger partial charge in [-0.1, -0.05) is 33.1 Å². The van der Waals surface area contributed by atoms with E-state index in [9.17, 15) is 8.42 Å². The summed E-state index contributed by atoms with van der Waals surface area (Å²) in [5.74, 6) is 0.565. The monoisotopic (exact) mass is 194 g/mol. The fourth-order valence-electron chi connectivity index (χ4n) is 0.981. The molecule has 0 aliphatic carbocycles. The van der Waals surface area contributed by atoms with Gasteiger partial charge in [-0.2, -0.15) is 8.42 Å². The van der Waals surface area contributed by atoms with Crippen LogP contribution < -0.4 is 0 Å². The highest BCUT2D eigenvalue weighted by Crippen LogP contribution is 2.11. The minimum absolute atomic E-state index is 0.0938. The molecule has 4 heteroatoms. The van der Waals surface area contributed by atoms with E-state index in [-0.39, 0.29) is 5.75 Å². The summed E-state index contributed by atoms with van der Waals surface area (Å²) in [6.45, 7) is 4.26. The fraction of sp³-hybridized carbons (Fsp3) is 1.00. The van der Waals surface area contributed by atoms with Gasteiger partial charge in [0.2, 0.25) is 0 Å². The van der Waals surface area contributed by atoms with Crippen molar-refractivity contribution in [2.45, 2.75) is 39.5 Å². The minimum atomic E-state index is -3.73. The van der Waals surface area contributed by atoms with Crippen LogP contribution in [0.4, 0.5) is 0 Å². The second kappa shape index (κ2) is 5.54. The Kier molecular flexibility index (Phi) is 5.50. The van der Waals surface area contributed by atoms with Crippen molar-refractivity contribution < 1.29 is 13.0 Å². The molecule has 0 aromatic heterocycles. The van der Waals surface area contributed by atoms with E-state index < -0.39 is 10.1 Å². The lowest BCUT2D eigenvalue weighted by Gasteiger charge is -2.06. The van der Waals surface area contributed by atoms with E-state index >= 15 is 0 Å². The van der Waals surface area contributed by atoms with Gasteiger partial charge < -0.3 is 0 Å². The number of hydrogen-bond donors (Lipinski definition) is 1. The third-order valence-electron chi connectivity index (χ3n) is 2.05. The first-order valence-electron chi connectivity index (χ1n) is 4.41. The molecule has 0 spiro atoms. The van der Waals surface area contributed by atoms with Gasteiger partial charge in [-0.05, 0) is 12.3 Å². The highest BCUT2D eigenvalue weighted by Gasteiger charge is 2.04. The average Bonchev–Trinajstić information content (AvgIpc) is 1.96. The lowest BCUT2D eigenvalue weighted by Crippen LogP contribution is -2.04. The van der Waals surface area contributed by atoms with E-state index in [2.05, 4.69) is 13.8 Å². The first-order valence-corrected chi connectivity index (χ1v) is 6.01. The highest BCUT2D eigenvalue weighted by atomic mass is 32.2. The molecule has 1 atom stereocenters. The largest absolute Gasteiger partial charge is 0.286 e. The molecule has 0 bridgehead atoms. The van der Waals surface area contributed by atoms with E-state index in [1.54, 1.807) is 0 Å². The molecule has 0 aliphatic rings. The summed E-state index contributed by atoms with van der Waals surface area (Å²) >= 11 is 0. The molecule has 0 saturated heterocycles.